The number of benzene rings is 2. The van der Waals surface area contributed by atoms with Gasteiger partial charge in [0.1, 0.15) is 0 Å². The second-order valence-corrected chi connectivity index (χ2v) is 8.31. The minimum atomic E-state index is -0.145. The summed E-state index contributed by atoms with van der Waals surface area (Å²) in [4.78, 5) is 32.1. The minimum Gasteiger partial charge on any atom is -0.339 e. The summed E-state index contributed by atoms with van der Waals surface area (Å²) in [5.74, 6) is 0.0786. The van der Waals surface area contributed by atoms with Crippen molar-refractivity contribution in [2.45, 2.75) is 37.9 Å². The zero-order valence-electron chi connectivity index (χ0n) is 17.1. The maximum Gasteiger partial charge on any atom is 0.255 e. The third-order valence-electron chi connectivity index (χ3n) is 5.34. The van der Waals surface area contributed by atoms with Crippen LogP contribution >= 0.6 is 11.8 Å². The lowest BCUT2D eigenvalue weighted by molar-refractivity contribution is -0.113. The van der Waals surface area contributed by atoms with E-state index in [9.17, 15) is 9.59 Å². The number of aryl methyl sites for hydroxylation is 1. The molecule has 30 heavy (non-hydrogen) atoms. The number of para-hydroxylation sites is 3. The molecule has 156 valence electrons. The first-order valence-corrected chi connectivity index (χ1v) is 11.4. The molecule has 2 amide bonds. The molecule has 1 aliphatic rings. The Labute approximate surface area is 180 Å². The number of carbonyl (C=O) groups is 2. The normalized spacial score (nSPS) is 14.1. The van der Waals surface area contributed by atoms with Crippen LogP contribution in [0.4, 0.5) is 5.69 Å². The number of anilines is 1. The smallest absolute Gasteiger partial charge is 0.255 e. The van der Waals surface area contributed by atoms with Crippen molar-refractivity contribution < 1.29 is 9.59 Å². The fourth-order valence-corrected chi connectivity index (χ4v) is 4.71. The van der Waals surface area contributed by atoms with Gasteiger partial charge in [-0.05, 0) is 50.5 Å². The molecule has 0 bridgehead atoms. The highest BCUT2D eigenvalue weighted by atomic mass is 32.2. The van der Waals surface area contributed by atoms with Gasteiger partial charge in [0.15, 0.2) is 5.16 Å². The van der Waals surface area contributed by atoms with Gasteiger partial charge in [0.2, 0.25) is 5.91 Å². The molecule has 3 aromatic rings. The van der Waals surface area contributed by atoms with Crippen LogP contribution in [0.2, 0.25) is 0 Å². The number of imidazole rings is 1. The number of aromatic nitrogens is 2. The van der Waals surface area contributed by atoms with E-state index >= 15 is 0 Å². The Kier molecular flexibility index (Phi) is 6.38. The molecule has 0 aliphatic carbocycles. The lowest BCUT2D eigenvalue weighted by Gasteiger charge is -2.27. The van der Waals surface area contributed by atoms with E-state index in [4.69, 9.17) is 0 Å². The highest BCUT2D eigenvalue weighted by Gasteiger charge is 2.21. The van der Waals surface area contributed by atoms with Crippen molar-refractivity contribution in [3.05, 3.63) is 54.1 Å². The summed E-state index contributed by atoms with van der Waals surface area (Å²) in [6.07, 6.45) is 3.24. The Morgan fingerprint density at radius 2 is 1.77 bits per heavy atom. The lowest BCUT2D eigenvalue weighted by atomic mass is 10.1. The number of fused-ring (bicyclic) bond motifs is 1. The molecule has 1 saturated heterocycles. The van der Waals surface area contributed by atoms with Gasteiger partial charge in [-0.25, -0.2) is 4.98 Å². The number of nitrogens with one attached hydrogen (secondary N) is 1. The molecule has 0 radical (unpaired) electrons. The third-order valence-corrected chi connectivity index (χ3v) is 6.32. The van der Waals surface area contributed by atoms with Gasteiger partial charge < -0.3 is 14.8 Å². The Morgan fingerprint density at radius 1 is 1.03 bits per heavy atom. The number of piperidine rings is 1. The van der Waals surface area contributed by atoms with Crippen LogP contribution < -0.4 is 5.32 Å². The highest BCUT2D eigenvalue weighted by molar-refractivity contribution is 7.99. The van der Waals surface area contributed by atoms with Crippen LogP contribution in [0, 0.1) is 0 Å². The van der Waals surface area contributed by atoms with Crippen molar-refractivity contribution in [2.24, 2.45) is 0 Å². The van der Waals surface area contributed by atoms with Crippen LogP contribution in [-0.2, 0) is 11.3 Å². The van der Waals surface area contributed by atoms with Gasteiger partial charge in [0, 0.05) is 19.6 Å². The van der Waals surface area contributed by atoms with Crippen LogP contribution in [0.25, 0.3) is 11.0 Å². The fraction of sp³-hybridized carbons (Fsp3) is 0.348. The molecule has 0 spiro atoms. The predicted molar refractivity (Wildman–Crippen MR) is 121 cm³/mol. The lowest BCUT2D eigenvalue weighted by Crippen LogP contribution is -2.36. The van der Waals surface area contributed by atoms with E-state index in [0.717, 1.165) is 48.7 Å². The molecule has 2 heterocycles. The number of hydrogen-bond donors (Lipinski definition) is 1. The number of thioether (sulfide) groups is 1. The zero-order valence-corrected chi connectivity index (χ0v) is 18.0. The molecule has 7 heteroatoms. The monoisotopic (exact) mass is 422 g/mol. The Balaban J connectivity index is 1.44. The average molecular weight is 423 g/mol. The minimum absolute atomic E-state index is 0.00831. The Bertz CT molecular complexity index is 1060. The van der Waals surface area contributed by atoms with Gasteiger partial charge in [-0.3, -0.25) is 9.59 Å². The van der Waals surface area contributed by atoms with E-state index in [2.05, 4.69) is 21.8 Å². The zero-order chi connectivity index (χ0) is 20.9. The number of likely N-dealkylation sites (tertiary alicyclic amines) is 1. The van der Waals surface area contributed by atoms with Gasteiger partial charge >= 0.3 is 0 Å². The molecule has 4 rings (SSSR count). The quantitative estimate of drug-likeness (QED) is 0.598. The van der Waals surface area contributed by atoms with Crippen molar-refractivity contribution in [2.75, 3.05) is 24.2 Å². The summed E-state index contributed by atoms with van der Waals surface area (Å²) in [6, 6.07) is 15.2. The Hall–Kier alpha value is -2.80. The largest absolute Gasteiger partial charge is 0.339 e. The average Bonchev–Trinajstić information content (AvgIpc) is 3.15. The first kappa shape index (κ1) is 20.5. The van der Waals surface area contributed by atoms with Gasteiger partial charge in [-0.2, -0.15) is 0 Å². The van der Waals surface area contributed by atoms with Crippen LogP contribution in [0.1, 0.15) is 36.5 Å². The fourth-order valence-electron chi connectivity index (χ4n) is 3.83. The summed E-state index contributed by atoms with van der Waals surface area (Å²) < 4.78 is 2.11. The topological polar surface area (TPSA) is 67.2 Å². The van der Waals surface area contributed by atoms with Crippen molar-refractivity contribution in [1.29, 1.82) is 0 Å². The summed E-state index contributed by atoms with van der Waals surface area (Å²) in [6.45, 7) is 4.42. The van der Waals surface area contributed by atoms with Crippen LogP contribution in [-0.4, -0.2) is 45.1 Å². The van der Waals surface area contributed by atoms with Gasteiger partial charge in [0.25, 0.3) is 5.91 Å². The number of hydrogen-bond acceptors (Lipinski definition) is 4. The SMILES string of the molecule is CCn1c(SCC(=O)Nc2ccccc2C(=O)N2CCCCC2)nc2ccccc21. The van der Waals surface area contributed by atoms with E-state index < -0.39 is 0 Å². The molecule has 0 unspecified atom stereocenters. The number of rotatable bonds is 6. The van der Waals surface area contributed by atoms with Crippen LogP contribution in [0.3, 0.4) is 0 Å². The standard InChI is InChI=1S/C23H26N4O2S/c1-2-27-20-13-7-6-12-19(20)25-23(27)30-16-21(28)24-18-11-5-4-10-17(18)22(29)26-14-8-3-9-15-26/h4-7,10-13H,2-3,8-9,14-16H2,1H3,(H,24,28). The van der Waals surface area contributed by atoms with Crippen molar-refractivity contribution in [3.8, 4) is 0 Å². The Morgan fingerprint density at radius 3 is 2.57 bits per heavy atom. The molecule has 1 aromatic heterocycles. The summed E-state index contributed by atoms with van der Waals surface area (Å²) in [5.41, 5.74) is 3.13. The molecule has 1 aliphatic heterocycles. The van der Waals surface area contributed by atoms with Gasteiger partial charge in [-0.15, -0.1) is 0 Å². The summed E-state index contributed by atoms with van der Waals surface area (Å²) >= 11 is 1.41. The summed E-state index contributed by atoms with van der Waals surface area (Å²) in [7, 11) is 0. The summed E-state index contributed by atoms with van der Waals surface area (Å²) in [5, 5.41) is 3.75. The molecule has 2 aromatic carbocycles. The number of nitrogens with zero attached hydrogens (tertiary/aromatic N) is 3. The van der Waals surface area contributed by atoms with Crippen LogP contribution in [0.5, 0.6) is 0 Å². The first-order chi connectivity index (χ1) is 14.7. The highest BCUT2D eigenvalue weighted by Crippen LogP contribution is 2.25. The van der Waals surface area contributed by atoms with E-state index in [0.29, 0.717) is 11.3 Å². The predicted octanol–water partition coefficient (Wildman–Crippen LogP) is 4.41. The third kappa shape index (κ3) is 4.36. The van der Waals surface area contributed by atoms with Gasteiger partial charge in [-0.1, -0.05) is 36.0 Å². The second kappa shape index (κ2) is 9.34. The maximum absolute atomic E-state index is 12.9. The molecular formula is C23H26N4O2S. The van der Waals surface area contributed by atoms with E-state index in [1.165, 1.54) is 18.2 Å². The maximum atomic E-state index is 12.9. The van der Waals surface area contributed by atoms with E-state index in [1.54, 1.807) is 12.1 Å². The van der Waals surface area contributed by atoms with Crippen molar-refractivity contribution >= 4 is 40.3 Å². The molecule has 6 nitrogen and oxygen atoms in total. The number of amides is 2. The van der Waals surface area contributed by atoms with E-state index in [-0.39, 0.29) is 17.6 Å². The van der Waals surface area contributed by atoms with Crippen LogP contribution in [0.15, 0.2) is 53.7 Å². The second-order valence-electron chi connectivity index (χ2n) is 7.36. The molecule has 1 fully saturated rings. The molecule has 0 atom stereocenters. The molecular weight excluding hydrogens is 396 g/mol. The molecule has 0 saturated carbocycles. The number of carbonyl (C=O) groups excluding carboxylic acids is 2. The van der Waals surface area contributed by atoms with Crippen molar-refractivity contribution in [1.82, 2.24) is 14.5 Å². The first-order valence-electron chi connectivity index (χ1n) is 10.4. The van der Waals surface area contributed by atoms with E-state index in [1.807, 2.05) is 41.3 Å². The van der Waals surface area contributed by atoms with Crippen molar-refractivity contribution in [3.63, 3.8) is 0 Å². The van der Waals surface area contributed by atoms with Gasteiger partial charge in [0.05, 0.1) is 28.0 Å². The molecule has 1 N–H and O–H groups in total.